The van der Waals surface area contributed by atoms with E-state index < -0.39 is 0 Å². The van der Waals surface area contributed by atoms with Gasteiger partial charge in [0.15, 0.2) is 5.13 Å². The van der Waals surface area contributed by atoms with Crippen LogP contribution in [0.15, 0.2) is 29.6 Å². The second kappa shape index (κ2) is 8.57. The highest BCUT2D eigenvalue weighted by Crippen LogP contribution is 2.31. The third-order valence-electron chi connectivity index (χ3n) is 5.84. The molecule has 0 unspecified atom stereocenters. The summed E-state index contributed by atoms with van der Waals surface area (Å²) in [5.74, 6) is 0.562. The number of thiazole rings is 1. The van der Waals surface area contributed by atoms with E-state index in [1.807, 2.05) is 10.3 Å². The van der Waals surface area contributed by atoms with Gasteiger partial charge in [0.05, 0.1) is 5.69 Å². The maximum Gasteiger partial charge on any atom is 0.222 e. The minimum absolute atomic E-state index is 0.229. The van der Waals surface area contributed by atoms with Gasteiger partial charge in [0, 0.05) is 56.6 Å². The van der Waals surface area contributed by atoms with Gasteiger partial charge in [-0.15, -0.1) is 11.3 Å². The van der Waals surface area contributed by atoms with E-state index in [9.17, 15) is 9.18 Å². The summed E-state index contributed by atoms with van der Waals surface area (Å²) in [5.41, 5.74) is 1.84. The minimum Gasteiger partial charge on any atom is -0.348 e. The van der Waals surface area contributed by atoms with E-state index in [1.165, 1.54) is 12.1 Å². The first kappa shape index (κ1) is 19.3. The summed E-state index contributed by atoms with van der Waals surface area (Å²) in [5, 5.41) is 3.05. The highest BCUT2D eigenvalue weighted by molar-refractivity contribution is 7.14. The van der Waals surface area contributed by atoms with Crippen LogP contribution in [-0.4, -0.2) is 67.0 Å². The molecule has 2 saturated heterocycles. The fourth-order valence-electron chi connectivity index (χ4n) is 3.92. The van der Waals surface area contributed by atoms with Crippen LogP contribution in [0.25, 0.3) is 11.3 Å². The van der Waals surface area contributed by atoms with Crippen molar-refractivity contribution in [2.24, 2.45) is 5.92 Å². The fraction of sp³-hybridized carbons (Fsp3) is 0.524. The number of piperidine rings is 1. The van der Waals surface area contributed by atoms with Gasteiger partial charge in [-0.3, -0.25) is 4.79 Å². The molecule has 1 aromatic carbocycles. The number of hydrogen-bond acceptors (Lipinski definition) is 5. The van der Waals surface area contributed by atoms with E-state index in [-0.39, 0.29) is 5.82 Å². The number of hydrogen-bond donors (Lipinski definition) is 0. The minimum atomic E-state index is -0.229. The lowest BCUT2D eigenvalue weighted by atomic mass is 9.93. The first-order valence-corrected chi connectivity index (χ1v) is 10.9. The van der Waals surface area contributed by atoms with Gasteiger partial charge in [0.25, 0.3) is 0 Å². The largest absolute Gasteiger partial charge is 0.348 e. The number of piperazine rings is 1. The number of carbonyl (C=O) groups excluding carboxylic acids is 1. The molecule has 0 N–H and O–H groups in total. The summed E-state index contributed by atoms with van der Waals surface area (Å²) in [6.45, 7) is 5.56. The Morgan fingerprint density at radius 1 is 1.11 bits per heavy atom. The number of nitrogens with zero attached hydrogens (tertiary/aromatic N) is 4. The van der Waals surface area contributed by atoms with Crippen molar-refractivity contribution >= 4 is 22.4 Å². The van der Waals surface area contributed by atoms with Crippen LogP contribution in [0, 0.1) is 11.7 Å². The third kappa shape index (κ3) is 4.52. The maximum absolute atomic E-state index is 13.1. The second-order valence-corrected chi connectivity index (χ2v) is 8.68. The fourth-order valence-corrected chi connectivity index (χ4v) is 4.81. The van der Waals surface area contributed by atoms with Gasteiger partial charge >= 0.3 is 0 Å². The molecule has 28 heavy (non-hydrogen) atoms. The summed E-state index contributed by atoms with van der Waals surface area (Å²) in [6, 6.07) is 6.48. The molecule has 1 aromatic heterocycles. The summed E-state index contributed by atoms with van der Waals surface area (Å²) in [6.07, 6.45) is 2.74. The van der Waals surface area contributed by atoms with Gasteiger partial charge in [0.1, 0.15) is 5.82 Å². The molecule has 2 aromatic rings. The monoisotopic (exact) mass is 402 g/mol. The van der Waals surface area contributed by atoms with Crippen molar-refractivity contribution in [3.05, 3.63) is 35.5 Å². The SMILES string of the molecule is CN1CCN(C(=O)CC2CCN(c3nc(-c4ccc(F)cc4)cs3)CC2)CC1. The first-order valence-electron chi connectivity index (χ1n) is 10.0. The van der Waals surface area contributed by atoms with Crippen LogP contribution in [0.5, 0.6) is 0 Å². The summed E-state index contributed by atoms with van der Waals surface area (Å²) in [7, 11) is 2.11. The van der Waals surface area contributed by atoms with Gasteiger partial charge < -0.3 is 14.7 Å². The Morgan fingerprint density at radius 3 is 2.46 bits per heavy atom. The van der Waals surface area contributed by atoms with Gasteiger partial charge in [-0.2, -0.15) is 0 Å². The molecule has 0 bridgehead atoms. The van der Waals surface area contributed by atoms with Gasteiger partial charge in [-0.25, -0.2) is 9.37 Å². The Labute approximate surface area is 169 Å². The number of amides is 1. The third-order valence-corrected chi connectivity index (χ3v) is 6.74. The van der Waals surface area contributed by atoms with Gasteiger partial charge in [0.2, 0.25) is 5.91 Å². The van der Waals surface area contributed by atoms with Crippen molar-refractivity contribution in [2.75, 3.05) is 51.2 Å². The Bertz CT molecular complexity index is 793. The molecule has 2 aliphatic heterocycles. The molecule has 150 valence electrons. The Kier molecular flexibility index (Phi) is 5.92. The van der Waals surface area contributed by atoms with Crippen LogP contribution in [0.4, 0.5) is 9.52 Å². The van der Waals surface area contributed by atoms with E-state index in [2.05, 4.69) is 16.8 Å². The van der Waals surface area contributed by atoms with Crippen LogP contribution >= 0.6 is 11.3 Å². The number of benzene rings is 1. The molecule has 1 amide bonds. The van der Waals surface area contributed by atoms with Crippen LogP contribution < -0.4 is 4.90 Å². The summed E-state index contributed by atoms with van der Waals surface area (Å²) < 4.78 is 13.1. The zero-order valence-corrected chi connectivity index (χ0v) is 17.1. The number of aromatic nitrogens is 1. The molecule has 0 spiro atoms. The molecular weight excluding hydrogens is 375 g/mol. The standard InChI is InChI=1S/C21H27FN4OS/c1-24-10-12-25(13-11-24)20(27)14-16-6-8-26(9-7-16)21-23-19(15-28-21)17-2-4-18(22)5-3-17/h2-5,15-16H,6-14H2,1H3. The topological polar surface area (TPSA) is 39.7 Å². The molecule has 3 heterocycles. The number of anilines is 1. The number of halogens is 1. The average molecular weight is 403 g/mol. The lowest BCUT2D eigenvalue weighted by Gasteiger charge is -2.35. The number of carbonyl (C=O) groups is 1. The van der Waals surface area contributed by atoms with Crippen molar-refractivity contribution < 1.29 is 9.18 Å². The summed E-state index contributed by atoms with van der Waals surface area (Å²) >= 11 is 1.63. The molecule has 5 nitrogen and oxygen atoms in total. The van der Waals surface area contributed by atoms with E-state index in [0.29, 0.717) is 18.2 Å². The van der Waals surface area contributed by atoms with Crippen LogP contribution in [0.3, 0.4) is 0 Å². The molecule has 0 atom stereocenters. The lowest BCUT2D eigenvalue weighted by Crippen LogP contribution is -2.47. The van der Waals surface area contributed by atoms with Crippen molar-refractivity contribution in [1.82, 2.24) is 14.8 Å². The zero-order valence-electron chi connectivity index (χ0n) is 16.3. The Morgan fingerprint density at radius 2 is 1.79 bits per heavy atom. The molecule has 0 radical (unpaired) electrons. The second-order valence-electron chi connectivity index (χ2n) is 7.84. The average Bonchev–Trinajstić information content (AvgIpc) is 3.20. The van der Waals surface area contributed by atoms with Crippen LogP contribution in [-0.2, 0) is 4.79 Å². The van der Waals surface area contributed by atoms with Gasteiger partial charge in [-0.05, 0) is 50.1 Å². The highest BCUT2D eigenvalue weighted by Gasteiger charge is 2.26. The summed E-state index contributed by atoms with van der Waals surface area (Å²) in [4.78, 5) is 23.9. The Hall–Kier alpha value is -1.99. The van der Waals surface area contributed by atoms with Crippen molar-refractivity contribution in [1.29, 1.82) is 0 Å². The van der Waals surface area contributed by atoms with E-state index in [1.54, 1.807) is 23.5 Å². The van der Waals surface area contributed by atoms with Gasteiger partial charge in [-0.1, -0.05) is 0 Å². The number of likely N-dealkylation sites (N-methyl/N-ethyl adjacent to an activating group) is 1. The Balaban J connectivity index is 1.28. The predicted octanol–water partition coefficient (Wildman–Crippen LogP) is 3.33. The van der Waals surface area contributed by atoms with E-state index in [0.717, 1.165) is 68.5 Å². The van der Waals surface area contributed by atoms with Crippen molar-refractivity contribution in [3.63, 3.8) is 0 Å². The van der Waals surface area contributed by atoms with Crippen molar-refractivity contribution in [3.8, 4) is 11.3 Å². The normalized spacial score (nSPS) is 19.2. The maximum atomic E-state index is 13.1. The quantitative estimate of drug-likeness (QED) is 0.787. The number of rotatable bonds is 4. The molecular formula is C21H27FN4OS. The smallest absolute Gasteiger partial charge is 0.222 e. The first-order chi connectivity index (χ1) is 13.6. The van der Waals surface area contributed by atoms with Crippen molar-refractivity contribution in [2.45, 2.75) is 19.3 Å². The van der Waals surface area contributed by atoms with E-state index >= 15 is 0 Å². The molecule has 4 rings (SSSR count). The molecule has 0 saturated carbocycles. The lowest BCUT2D eigenvalue weighted by molar-refractivity contribution is -0.133. The molecule has 2 fully saturated rings. The molecule has 0 aliphatic carbocycles. The van der Waals surface area contributed by atoms with E-state index in [4.69, 9.17) is 4.98 Å². The molecule has 7 heteroatoms. The van der Waals surface area contributed by atoms with Crippen LogP contribution in [0.2, 0.25) is 0 Å². The highest BCUT2D eigenvalue weighted by atomic mass is 32.1. The molecule has 2 aliphatic rings. The van der Waals surface area contributed by atoms with Crippen LogP contribution in [0.1, 0.15) is 19.3 Å². The predicted molar refractivity (Wildman–Crippen MR) is 111 cm³/mol. The zero-order chi connectivity index (χ0) is 19.5.